The third kappa shape index (κ3) is 3.94. The Morgan fingerprint density at radius 3 is 2.57 bits per heavy atom. The van der Waals surface area contributed by atoms with Crippen molar-refractivity contribution in [2.75, 3.05) is 6.54 Å². The van der Waals surface area contributed by atoms with E-state index in [0.717, 1.165) is 30.8 Å². The van der Waals surface area contributed by atoms with Crippen LogP contribution in [0.5, 0.6) is 0 Å². The van der Waals surface area contributed by atoms with Gasteiger partial charge in [0.1, 0.15) is 0 Å². The predicted molar refractivity (Wildman–Crippen MR) is 85.3 cm³/mol. The summed E-state index contributed by atoms with van der Waals surface area (Å²) in [5, 5.41) is 12.7. The minimum absolute atomic E-state index is 0.256. The van der Waals surface area contributed by atoms with Gasteiger partial charge in [-0.15, -0.1) is 0 Å². The molecule has 2 rings (SSSR count). The number of rotatable bonds is 7. The molecule has 0 aliphatic heterocycles. The van der Waals surface area contributed by atoms with Gasteiger partial charge in [-0.1, -0.05) is 6.92 Å². The van der Waals surface area contributed by atoms with Crippen LogP contribution in [0.2, 0.25) is 0 Å². The summed E-state index contributed by atoms with van der Waals surface area (Å²) in [6.07, 6.45) is 4.07. The Labute approximate surface area is 127 Å². The van der Waals surface area contributed by atoms with Crippen LogP contribution >= 0.6 is 0 Å². The van der Waals surface area contributed by atoms with Gasteiger partial charge in [0.05, 0.1) is 23.1 Å². The Bertz CT molecular complexity index is 567. The molecule has 0 fully saturated rings. The standard InChI is InChI=1S/C16H27N5/c1-6-8-17-15(16-10-13(4)18-20(16)5)11-14-7-9-21(19-14)12(2)3/h7,9-10,12,15,17H,6,8,11H2,1-5H3. The number of aromatic nitrogens is 4. The van der Waals surface area contributed by atoms with Crippen molar-refractivity contribution in [3.63, 3.8) is 0 Å². The summed E-state index contributed by atoms with van der Waals surface area (Å²) in [4.78, 5) is 0. The van der Waals surface area contributed by atoms with E-state index < -0.39 is 0 Å². The highest BCUT2D eigenvalue weighted by Crippen LogP contribution is 2.19. The topological polar surface area (TPSA) is 47.7 Å². The van der Waals surface area contributed by atoms with E-state index in [9.17, 15) is 0 Å². The molecule has 0 aliphatic rings. The zero-order valence-corrected chi connectivity index (χ0v) is 13.8. The number of nitrogens with zero attached hydrogens (tertiary/aromatic N) is 4. The average Bonchev–Trinajstić information content (AvgIpc) is 3.01. The fraction of sp³-hybridized carbons (Fsp3) is 0.625. The van der Waals surface area contributed by atoms with Gasteiger partial charge in [-0.05, 0) is 45.9 Å². The van der Waals surface area contributed by atoms with Crippen molar-refractivity contribution in [2.24, 2.45) is 7.05 Å². The number of nitrogens with one attached hydrogen (secondary N) is 1. The quantitative estimate of drug-likeness (QED) is 0.852. The van der Waals surface area contributed by atoms with Gasteiger partial charge in [0, 0.05) is 25.7 Å². The molecule has 1 atom stereocenters. The lowest BCUT2D eigenvalue weighted by atomic mass is 10.1. The number of hydrogen-bond donors (Lipinski definition) is 1. The van der Waals surface area contributed by atoms with Crippen LogP contribution in [0.3, 0.4) is 0 Å². The fourth-order valence-corrected chi connectivity index (χ4v) is 2.54. The smallest absolute Gasteiger partial charge is 0.0644 e. The second kappa shape index (κ2) is 6.89. The lowest BCUT2D eigenvalue weighted by molar-refractivity contribution is 0.477. The summed E-state index contributed by atoms with van der Waals surface area (Å²) in [6, 6.07) is 4.93. The Kier molecular flexibility index (Phi) is 5.17. The van der Waals surface area contributed by atoms with E-state index in [4.69, 9.17) is 0 Å². The van der Waals surface area contributed by atoms with Gasteiger partial charge in [0.15, 0.2) is 0 Å². The maximum absolute atomic E-state index is 4.67. The zero-order valence-electron chi connectivity index (χ0n) is 13.8. The predicted octanol–water partition coefficient (Wildman–Crippen LogP) is 2.79. The van der Waals surface area contributed by atoms with E-state index in [0.29, 0.717) is 6.04 Å². The van der Waals surface area contributed by atoms with Crippen LogP contribution in [-0.2, 0) is 13.5 Å². The molecular weight excluding hydrogens is 262 g/mol. The maximum atomic E-state index is 4.67. The first-order valence-electron chi connectivity index (χ1n) is 7.79. The summed E-state index contributed by atoms with van der Waals surface area (Å²) >= 11 is 0. The second-order valence-corrected chi connectivity index (χ2v) is 5.93. The van der Waals surface area contributed by atoms with Crippen LogP contribution in [0.1, 0.15) is 56.4 Å². The maximum Gasteiger partial charge on any atom is 0.0644 e. The molecule has 0 amide bonds. The molecule has 2 aromatic heterocycles. The van der Waals surface area contributed by atoms with Gasteiger partial charge < -0.3 is 5.32 Å². The largest absolute Gasteiger partial charge is 0.308 e. The van der Waals surface area contributed by atoms with Crippen LogP contribution in [0.15, 0.2) is 18.3 Å². The molecule has 5 heteroatoms. The second-order valence-electron chi connectivity index (χ2n) is 5.93. The molecule has 1 N–H and O–H groups in total. The van der Waals surface area contributed by atoms with Crippen molar-refractivity contribution >= 4 is 0 Å². The highest BCUT2D eigenvalue weighted by Gasteiger charge is 2.17. The summed E-state index contributed by atoms with van der Waals surface area (Å²) in [5.41, 5.74) is 3.40. The first-order valence-corrected chi connectivity index (χ1v) is 7.79. The summed E-state index contributed by atoms with van der Waals surface area (Å²) < 4.78 is 3.99. The minimum atomic E-state index is 0.256. The Morgan fingerprint density at radius 2 is 2.05 bits per heavy atom. The lowest BCUT2D eigenvalue weighted by Crippen LogP contribution is -2.26. The molecular formula is C16H27N5. The average molecular weight is 289 g/mol. The van der Waals surface area contributed by atoms with Gasteiger partial charge in [-0.25, -0.2) is 0 Å². The monoisotopic (exact) mass is 289 g/mol. The molecule has 1 unspecified atom stereocenters. The van der Waals surface area contributed by atoms with Crippen molar-refractivity contribution in [3.05, 3.63) is 35.4 Å². The highest BCUT2D eigenvalue weighted by molar-refractivity contribution is 5.16. The molecule has 2 heterocycles. The fourth-order valence-electron chi connectivity index (χ4n) is 2.54. The summed E-state index contributed by atoms with van der Waals surface area (Å²) in [6.45, 7) is 9.52. The van der Waals surface area contributed by atoms with Gasteiger partial charge >= 0.3 is 0 Å². The molecule has 0 bridgehead atoms. The molecule has 21 heavy (non-hydrogen) atoms. The number of hydrogen-bond acceptors (Lipinski definition) is 3. The van der Waals surface area contributed by atoms with Crippen LogP contribution in [0.25, 0.3) is 0 Å². The van der Waals surface area contributed by atoms with E-state index in [1.807, 2.05) is 23.3 Å². The molecule has 0 aliphatic carbocycles. The van der Waals surface area contributed by atoms with Crippen LogP contribution in [-0.4, -0.2) is 26.1 Å². The molecule has 0 saturated heterocycles. The van der Waals surface area contributed by atoms with E-state index in [2.05, 4.69) is 54.6 Å². The lowest BCUT2D eigenvalue weighted by Gasteiger charge is -2.18. The molecule has 116 valence electrons. The van der Waals surface area contributed by atoms with Crippen molar-refractivity contribution in [1.29, 1.82) is 0 Å². The minimum Gasteiger partial charge on any atom is -0.308 e. The summed E-state index contributed by atoms with van der Waals surface area (Å²) in [5.74, 6) is 0. The van der Waals surface area contributed by atoms with Crippen LogP contribution in [0, 0.1) is 6.92 Å². The Hall–Kier alpha value is -1.62. The van der Waals surface area contributed by atoms with E-state index in [1.165, 1.54) is 5.69 Å². The van der Waals surface area contributed by atoms with Gasteiger partial charge in [0.2, 0.25) is 0 Å². The summed E-state index contributed by atoms with van der Waals surface area (Å²) in [7, 11) is 2.01. The Morgan fingerprint density at radius 1 is 1.29 bits per heavy atom. The van der Waals surface area contributed by atoms with Crippen LogP contribution in [0.4, 0.5) is 0 Å². The van der Waals surface area contributed by atoms with Crippen molar-refractivity contribution in [1.82, 2.24) is 24.9 Å². The molecule has 5 nitrogen and oxygen atoms in total. The normalized spacial score (nSPS) is 13.0. The van der Waals surface area contributed by atoms with Gasteiger partial charge in [0.25, 0.3) is 0 Å². The number of aryl methyl sites for hydroxylation is 2. The third-order valence-electron chi connectivity index (χ3n) is 3.64. The first-order chi connectivity index (χ1) is 10.0. The van der Waals surface area contributed by atoms with Crippen molar-refractivity contribution < 1.29 is 0 Å². The molecule has 0 radical (unpaired) electrons. The molecule has 0 aromatic carbocycles. The van der Waals surface area contributed by atoms with Gasteiger partial charge in [-0.3, -0.25) is 9.36 Å². The van der Waals surface area contributed by atoms with E-state index in [1.54, 1.807) is 0 Å². The Balaban J connectivity index is 2.17. The van der Waals surface area contributed by atoms with E-state index in [-0.39, 0.29) is 6.04 Å². The zero-order chi connectivity index (χ0) is 15.4. The van der Waals surface area contributed by atoms with Gasteiger partial charge in [-0.2, -0.15) is 10.2 Å². The van der Waals surface area contributed by atoms with E-state index >= 15 is 0 Å². The molecule has 0 saturated carbocycles. The third-order valence-corrected chi connectivity index (χ3v) is 3.64. The molecule has 2 aromatic rings. The van der Waals surface area contributed by atoms with Crippen molar-refractivity contribution in [2.45, 2.75) is 52.6 Å². The van der Waals surface area contributed by atoms with Crippen LogP contribution < -0.4 is 5.32 Å². The first kappa shape index (κ1) is 15.8. The SMILES string of the molecule is CCCNC(Cc1ccn(C(C)C)n1)c1cc(C)nn1C. The molecule has 0 spiro atoms. The van der Waals surface area contributed by atoms with Crippen molar-refractivity contribution in [3.8, 4) is 0 Å². The highest BCUT2D eigenvalue weighted by atomic mass is 15.3.